The number of carbonyl (C=O) groups excluding carboxylic acids is 1. The second-order valence-electron chi connectivity index (χ2n) is 5.16. The maximum atomic E-state index is 13.6. The third-order valence-electron chi connectivity index (χ3n) is 3.57. The van der Waals surface area contributed by atoms with Crippen molar-refractivity contribution in [2.45, 2.75) is 6.54 Å². The molecule has 3 rings (SSSR count). The molecule has 0 aliphatic carbocycles. The van der Waals surface area contributed by atoms with E-state index in [2.05, 4.69) is 15.4 Å². The molecule has 0 bridgehead atoms. The molecule has 122 valence electrons. The van der Waals surface area contributed by atoms with Gasteiger partial charge in [-0.2, -0.15) is 5.10 Å². The Bertz CT molecular complexity index is 857. The Hall–Kier alpha value is -3.09. The fourth-order valence-corrected chi connectivity index (χ4v) is 2.31. The highest BCUT2D eigenvalue weighted by molar-refractivity contribution is 5.94. The van der Waals surface area contributed by atoms with Gasteiger partial charge in [-0.05, 0) is 30.3 Å². The van der Waals surface area contributed by atoms with Crippen molar-refractivity contribution in [1.29, 1.82) is 0 Å². The zero-order valence-corrected chi connectivity index (χ0v) is 12.8. The number of aryl methyl sites for hydroxylation is 1. The summed E-state index contributed by atoms with van der Waals surface area (Å²) in [5.74, 6) is -2.60. The molecule has 0 fully saturated rings. The maximum Gasteiger partial charge on any atom is 0.257 e. The van der Waals surface area contributed by atoms with E-state index >= 15 is 0 Å². The minimum Gasteiger partial charge on any atom is -0.346 e. The van der Waals surface area contributed by atoms with E-state index in [9.17, 15) is 13.6 Å². The molecule has 0 spiro atoms. The van der Waals surface area contributed by atoms with E-state index in [1.165, 1.54) is 6.07 Å². The number of pyridine rings is 1. The van der Waals surface area contributed by atoms with Crippen LogP contribution in [0.4, 0.5) is 8.78 Å². The average molecular weight is 328 g/mol. The third-order valence-corrected chi connectivity index (χ3v) is 3.57. The molecule has 0 aliphatic heterocycles. The standard InChI is InChI=1S/C17H14F2N4O/c1-23-12(9-15(22-23)11-5-7-20-8-6-11)10-21-17(24)16-13(18)3-2-4-14(16)19/h2-9H,10H2,1H3,(H,21,24). The molecular weight excluding hydrogens is 314 g/mol. The summed E-state index contributed by atoms with van der Waals surface area (Å²) in [4.78, 5) is 16.0. The van der Waals surface area contributed by atoms with Crippen molar-refractivity contribution >= 4 is 5.91 Å². The van der Waals surface area contributed by atoms with Crippen molar-refractivity contribution < 1.29 is 13.6 Å². The third kappa shape index (κ3) is 3.15. The van der Waals surface area contributed by atoms with Crippen LogP contribution in [0.5, 0.6) is 0 Å². The van der Waals surface area contributed by atoms with Gasteiger partial charge in [0.25, 0.3) is 5.91 Å². The zero-order valence-electron chi connectivity index (χ0n) is 12.8. The molecule has 2 aromatic heterocycles. The maximum absolute atomic E-state index is 13.6. The van der Waals surface area contributed by atoms with Crippen LogP contribution in [0.1, 0.15) is 16.1 Å². The summed E-state index contributed by atoms with van der Waals surface area (Å²) in [5.41, 5.74) is 1.72. The predicted molar refractivity (Wildman–Crippen MR) is 84.0 cm³/mol. The summed E-state index contributed by atoms with van der Waals surface area (Å²) in [7, 11) is 1.73. The van der Waals surface area contributed by atoms with E-state index in [4.69, 9.17) is 0 Å². The van der Waals surface area contributed by atoms with Crippen LogP contribution >= 0.6 is 0 Å². The predicted octanol–water partition coefficient (Wildman–Crippen LogP) is 2.69. The van der Waals surface area contributed by atoms with Gasteiger partial charge in [0, 0.05) is 25.0 Å². The van der Waals surface area contributed by atoms with Crippen LogP contribution in [0.2, 0.25) is 0 Å². The van der Waals surface area contributed by atoms with Gasteiger partial charge in [0.15, 0.2) is 0 Å². The topological polar surface area (TPSA) is 59.8 Å². The van der Waals surface area contributed by atoms with Crippen LogP contribution in [0.3, 0.4) is 0 Å². The van der Waals surface area contributed by atoms with E-state index < -0.39 is 23.1 Å². The first kappa shape index (κ1) is 15.8. The summed E-state index contributed by atoms with van der Waals surface area (Å²) in [5, 5.41) is 6.87. The van der Waals surface area contributed by atoms with Crippen molar-refractivity contribution in [2.75, 3.05) is 0 Å². The molecule has 5 nitrogen and oxygen atoms in total. The summed E-state index contributed by atoms with van der Waals surface area (Å²) in [6.45, 7) is 0.0984. The van der Waals surface area contributed by atoms with E-state index in [0.29, 0.717) is 5.69 Å². The zero-order chi connectivity index (χ0) is 17.1. The molecule has 0 unspecified atom stereocenters. The molecule has 7 heteroatoms. The molecule has 0 aliphatic rings. The second-order valence-corrected chi connectivity index (χ2v) is 5.16. The smallest absolute Gasteiger partial charge is 0.257 e. The molecule has 3 aromatic rings. The lowest BCUT2D eigenvalue weighted by molar-refractivity contribution is 0.0941. The molecule has 0 saturated heterocycles. The van der Waals surface area contributed by atoms with Gasteiger partial charge in [-0.1, -0.05) is 6.07 Å². The summed E-state index contributed by atoms with van der Waals surface area (Å²) in [6, 6.07) is 8.74. The first-order valence-electron chi connectivity index (χ1n) is 7.22. The molecule has 1 aromatic carbocycles. The lowest BCUT2D eigenvalue weighted by Crippen LogP contribution is -2.26. The number of amides is 1. The number of halogens is 2. The van der Waals surface area contributed by atoms with Crippen molar-refractivity contribution in [3.05, 3.63) is 71.7 Å². The average Bonchev–Trinajstić information content (AvgIpc) is 2.94. The van der Waals surface area contributed by atoms with Crippen LogP contribution in [-0.4, -0.2) is 20.7 Å². The molecular formula is C17H14F2N4O. The fourth-order valence-electron chi connectivity index (χ4n) is 2.31. The van der Waals surface area contributed by atoms with Gasteiger partial charge in [0.05, 0.1) is 17.9 Å². The molecule has 2 heterocycles. The largest absolute Gasteiger partial charge is 0.346 e. The lowest BCUT2D eigenvalue weighted by Gasteiger charge is -2.07. The summed E-state index contributed by atoms with van der Waals surface area (Å²) in [6.07, 6.45) is 3.32. The van der Waals surface area contributed by atoms with Crippen molar-refractivity contribution in [3.8, 4) is 11.3 Å². The van der Waals surface area contributed by atoms with Crippen molar-refractivity contribution in [2.24, 2.45) is 7.05 Å². The van der Waals surface area contributed by atoms with Crippen LogP contribution in [0, 0.1) is 11.6 Å². The molecule has 1 amide bonds. The first-order chi connectivity index (χ1) is 11.6. The first-order valence-corrected chi connectivity index (χ1v) is 7.22. The van der Waals surface area contributed by atoms with Crippen LogP contribution in [-0.2, 0) is 13.6 Å². The Labute approximate surface area is 137 Å². The van der Waals surface area contributed by atoms with E-state index in [-0.39, 0.29) is 6.54 Å². The van der Waals surface area contributed by atoms with Crippen LogP contribution in [0.15, 0.2) is 48.8 Å². The molecule has 1 N–H and O–H groups in total. The lowest BCUT2D eigenvalue weighted by atomic mass is 10.1. The Kier molecular flexibility index (Phi) is 4.33. The van der Waals surface area contributed by atoms with E-state index in [1.54, 1.807) is 30.2 Å². The number of hydrogen-bond donors (Lipinski definition) is 1. The second kappa shape index (κ2) is 6.57. The SMILES string of the molecule is Cn1nc(-c2ccncc2)cc1CNC(=O)c1c(F)cccc1F. The van der Waals surface area contributed by atoms with Crippen LogP contribution < -0.4 is 5.32 Å². The molecule has 0 radical (unpaired) electrons. The highest BCUT2D eigenvalue weighted by atomic mass is 19.1. The molecule has 0 saturated carbocycles. The van der Waals surface area contributed by atoms with Gasteiger partial charge >= 0.3 is 0 Å². The minimum absolute atomic E-state index is 0.0984. The van der Waals surface area contributed by atoms with Crippen LogP contribution in [0.25, 0.3) is 11.3 Å². The van der Waals surface area contributed by atoms with Gasteiger partial charge in [-0.15, -0.1) is 0 Å². The monoisotopic (exact) mass is 328 g/mol. The number of nitrogens with one attached hydrogen (secondary N) is 1. The summed E-state index contributed by atoms with van der Waals surface area (Å²) < 4.78 is 28.8. The molecule has 24 heavy (non-hydrogen) atoms. The van der Waals surface area contributed by atoms with Gasteiger partial charge in [-0.3, -0.25) is 14.5 Å². The summed E-state index contributed by atoms with van der Waals surface area (Å²) >= 11 is 0. The number of nitrogens with zero attached hydrogens (tertiary/aromatic N) is 3. The quantitative estimate of drug-likeness (QED) is 0.801. The minimum atomic E-state index is -0.894. The van der Waals surface area contributed by atoms with E-state index in [1.807, 2.05) is 12.1 Å². The highest BCUT2D eigenvalue weighted by Gasteiger charge is 2.17. The van der Waals surface area contributed by atoms with Gasteiger partial charge in [0.2, 0.25) is 0 Å². The number of aromatic nitrogens is 3. The Balaban J connectivity index is 1.76. The molecule has 0 atom stereocenters. The van der Waals surface area contributed by atoms with Crippen molar-refractivity contribution in [3.63, 3.8) is 0 Å². The number of benzene rings is 1. The number of rotatable bonds is 4. The Morgan fingerprint density at radius 3 is 2.50 bits per heavy atom. The Morgan fingerprint density at radius 1 is 1.17 bits per heavy atom. The van der Waals surface area contributed by atoms with E-state index in [0.717, 1.165) is 23.4 Å². The Morgan fingerprint density at radius 2 is 1.83 bits per heavy atom. The number of hydrogen-bond acceptors (Lipinski definition) is 3. The van der Waals surface area contributed by atoms with Gasteiger partial charge in [-0.25, -0.2) is 8.78 Å². The fraction of sp³-hybridized carbons (Fsp3) is 0.118. The van der Waals surface area contributed by atoms with Gasteiger partial charge < -0.3 is 5.32 Å². The highest BCUT2D eigenvalue weighted by Crippen LogP contribution is 2.18. The van der Waals surface area contributed by atoms with Gasteiger partial charge in [0.1, 0.15) is 17.2 Å². The normalized spacial score (nSPS) is 10.6. The number of carbonyl (C=O) groups is 1. The van der Waals surface area contributed by atoms with Crippen molar-refractivity contribution in [1.82, 2.24) is 20.1 Å².